The molecule has 1 amide bonds. The Morgan fingerprint density at radius 3 is 3.00 bits per heavy atom. The number of amides is 1. The van der Waals surface area contributed by atoms with Crippen molar-refractivity contribution >= 4 is 22.4 Å². The molecule has 3 rings (SSSR count). The predicted molar refractivity (Wildman–Crippen MR) is 96.6 cm³/mol. The predicted octanol–water partition coefficient (Wildman–Crippen LogP) is 2.36. The van der Waals surface area contributed by atoms with Crippen LogP contribution < -0.4 is 4.90 Å². The number of morpholine rings is 1. The lowest BCUT2D eigenvalue weighted by molar-refractivity contribution is -0.118. The van der Waals surface area contributed by atoms with Crippen LogP contribution in [0.3, 0.4) is 0 Å². The van der Waals surface area contributed by atoms with Gasteiger partial charge in [0.25, 0.3) is 0 Å². The number of benzene rings is 1. The number of ether oxygens (including phenoxy) is 1. The number of aryl methyl sites for hydroxylation is 1. The van der Waals surface area contributed by atoms with Gasteiger partial charge in [0.1, 0.15) is 0 Å². The molecule has 0 N–H and O–H groups in total. The summed E-state index contributed by atoms with van der Waals surface area (Å²) in [6.07, 6.45) is 2.14. The van der Waals surface area contributed by atoms with Gasteiger partial charge in [-0.05, 0) is 25.1 Å². The molecule has 1 unspecified atom stereocenters. The third-order valence-corrected chi connectivity index (χ3v) is 5.08. The highest BCUT2D eigenvalue weighted by Gasteiger charge is 2.26. The summed E-state index contributed by atoms with van der Waals surface area (Å²) in [4.78, 5) is 21.3. The smallest absolute Gasteiger partial charge is 0.233 e. The van der Waals surface area contributed by atoms with Crippen molar-refractivity contribution in [2.24, 2.45) is 0 Å². The van der Waals surface area contributed by atoms with Gasteiger partial charge >= 0.3 is 0 Å². The van der Waals surface area contributed by atoms with E-state index in [1.54, 1.807) is 11.1 Å². The third-order valence-electron chi connectivity index (χ3n) is 4.28. The molecule has 5 nitrogen and oxygen atoms in total. The van der Waals surface area contributed by atoms with Crippen molar-refractivity contribution in [3.8, 4) is 0 Å². The second-order valence-corrected chi connectivity index (χ2v) is 7.05. The fourth-order valence-corrected chi connectivity index (χ4v) is 3.55. The zero-order chi connectivity index (χ0) is 16.9. The first-order chi connectivity index (χ1) is 11.6. The summed E-state index contributed by atoms with van der Waals surface area (Å²) < 4.78 is 5.84. The Morgan fingerprint density at radius 1 is 1.46 bits per heavy atom. The van der Waals surface area contributed by atoms with E-state index in [4.69, 9.17) is 4.74 Å². The van der Waals surface area contributed by atoms with Crippen LogP contribution >= 0.6 is 11.3 Å². The molecule has 0 radical (unpaired) electrons. The summed E-state index contributed by atoms with van der Waals surface area (Å²) in [5.74, 6) is 0.0658. The first-order valence-corrected chi connectivity index (χ1v) is 9.06. The zero-order valence-electron chi connectivity index (χ0n) is 14.1. The average Bonchev–Trinajstić information content (AvgIpc) is 3.09. The standard InChI is InChI=1S/C18H23N3O2S/c1-14-5-3-4-6-15(14)11-17(22)21(18-19-7-10-24-18)13-16-12-20(2)8-9-23-16/h3-7,10,16H,8-9,11-13H2,1-2H3. The van der Waals surface area contributed by atoms with E-state index in [9.17, 15) is 4.79 Å². The van der Waals surface area contributed by atoms with Crippen molar-refractivity contribution < 1.29 is 9.53 Å². The van der Waals surface area contributed by atoms with Crippen LogP contribution in [-0.2, 0) is 16.0 Å². The van der Waals surface area contributed by atoms with Crippen LogP contribution in [0.2, 0.25) is 0 Å². The highest BCUT2D eigenvalue weighted by Crippen LogP contribution is 2.21. The Labute approximate surface area is 146 Å². The maximum atomic E-state index is 12.9. The zero-order valence-corrected chi connectivity index (χ0v) is 15.0. The van der Waals surface area contributed by atoms with Crippen LogP contribution in [0.5, 0.6) is 0 Å². The molecule has 24 heavy (non-hydrogen) atoms. The van der Waals surface area contributed by atoms with E-state index in [-0.39, 0.29) is 12.0 Å². The van der Waals surface area contributed by atoms with E-state index >= 15 is 0 Å². The molecule has 1 aliphatic rings. The molecule has 1 saturated heterocycles. The van der Waals surface area contributed by atoms with Crippen LogP contribution in [0.25, 0.3) is 0 Å². The largest absolute Gasteiger partial charge is 0.374 e. The summed E-state index contributed by atoms with van der Waals surface area (Å²) >= 11 is 1.49. The number of hydrogen-bond acceptors (Lipinski definition) is 5. The van der Waals surface area contributed by atoms with Gasteiger partial charge in [0.2, 0.25) is 5.91 Å². The molecule has 0 saturated carbocycles. The molecule has 2 heterocycles. The quantitative estimate of drug-likeness (QED) is 0.835. The van der Waals surface area contributed by atoms with Gasteiger partial charge in [0.15, 0.2) is 5.13 Å². The van der Waals surface area contributed by atoms with E-state index in [1.807, 2.05) is 36.6 Å². The van der Waals surface area contributed by atoms with Crippen LogP contribution in [0.1, 0.15) is 11.1 Å². The van der Waals surface area contributed by atoms with Crippen LogP contribution in [0, 0.1) is 6.92 Å². The Bertz CT molecular complexity index is 675. The maximum Gasteiger partial charge on any atom is 0.233 e. The number of aromatic nitrogens is 1. The van der Waals surface area contributed by atoms with Crippen molar-refractivity contribution in [3.05, 3.63) is 47.0 Å². The van der Waals surface area contributed by atoms with Crippen LogP contribution in [0.4, 0.5) is 5.13 Å². The number of anilines is 1. The van der Waals surface area contributed by atoms with Gasteiger partial charge in [0, 0.05) is 24.7 Å². The van der Waals surface area contributed by atoms with E-state index in [2.05, 4.69) is 16.9 Å². The molecule has 0 bridgehead atoms. The summed E-state index contributed by atoms with van der Waals surface area (Å²) in [5.41, 5.74) is 2.20. The van der Waals surface area contributed by atoms with Crippen molar-refractivity contribution in [1.82, 2.24) is 9.88 Å². The summed E-state index contributed by atoms with van der Waals surface area (Å²) in [5, 5.41) is 2.64. The first kappa shape index (κ1) is 17.1. The van der Waals surface area contributed by atoms with Crippen molar-refractivity contribution in [2.75, 3.05) is 38.2 Å². The minimum absolute atomic E-state index is 0.0217. The molecule has 1 atom stereocenters. The number of thiazole rings is 1. The second-order valence-electron chi connectivity index (χ2n) is 6.18. The number of nitrogens with zero attached hydrogens (tertiary/aromatic N) is 3. The molecule has 1 fully saturated rings. The molecule has 1 aromatic heterocycles. The lowest BCUT2D eigenvalue weighted by Crippen LogP contribution is -2.48. The van der Waals surface area contributed by atoms with E-state index < -0.39 is 0 Å². The minimum Gasteiger partial charge on any atom is -0.374 e. The lowest BCUT2D eigenvalue weighted by Gasteiger charge is -2.33. The fraction of sp³-hybridized carbons (Fsp3) is 0.444. The lowest BCUT2D eigenvalue weighted by atomic mass is 10.1. The maximum absolute atomic E-state index is 12.9. The van der Waals surface area contributed by atoms with E-state index in [1.165, 1.54) is 11.3 Å². The Kier molecular flexibility index (Phi) is 5.60. The first-order valence-electron chi connectivity index (χ1n) is 8.18. The van der Waals surface area contributed by atoms with Crippen molar-refractivity contribution in [2.45, 2.75) is 19.4 Å². The molecule has 2 aromatic rings. The highest BCUT2D eigenvalue weighted by molar-refractivity contribution is 7.13. The van der Waals surface area contributed by atoms with Gasteiger partial charge in [0.05, 0.1) is 25.7 Å². The van der Waals surface area contributed by atoms with Gasteiger partial charge in [-0.25, -0.2) is 4.98 Å². The Hall–Kier alpha value is -1.76. The second kappa shape index (κ2) is 7.88. The molecular weight excluding hydrogens is 322 g/mol. The molecule has 1 aliphatic heterocycles. The monoisotopic (exact) mass is 345 g/mol. The molecule has 0 aliphatic carbocycles. The van der Waals surface area contributed by atoms with Gasteiger partial charge < -0.3 is 9.64 Å². The average molecular weight is 345 g/mol. The molecular formula is C18H23N3O2S. The topological polar surface area (TPSA) is 45.7 Å². The van der Waals surface area contributed by atoms with Gasteiger partial charge in [-0.1, -0.05) is 24.3 Å². The number of hydrogen-bond donors (Lipinski definition) is 0. The molecule has 6 heteroatoms. The number of carbonyl (C=O) groups is 1. The summed E-state index contributed by atoms with van der Waals surface area (Å²) in [7, 11) is 2.08. The normalized spacial score (nSPS) is 18.5. The molecule has 1 aromatic carbocycles. The number of rotatable bonds is 5. The van der Waals surface area contributed by atoms with Gasteiger partial charge in [-0.15, -0.1) is 11.3 Å². The number of carbonyl (C=O) groups excluding carboxylic acids is 1. The Balaban J connectivity index is 1.75. The molecule has 128 valence electrons. The van der Waals surface area contributed by atoms with Crippen LogP contribution in [0.15, 0.2) is 35.8 Å². The van der Waals surface area contributed by atoms with Gasteiger partial charge in [-0.3, -0.25) is 9.69 Å². The summed E-state index contributed by atoms with van der Waals surface area (Å²) in [6.45, 7) is 5.06. The Morgan fingerprint density at radius 2 is 2.29 bits per heavy atom. The van der Waals surface area contributed by atoms with E-state index in [0.29, 0.717) is 19.6 Å². The SMILES string of the molecule is Cc1ccccc1CC(=O)N(CC1CN(C)CCO1)c1nccs1. The number of likely N-dealkylation sites (N-methyl/N-ethyl adjacent to an activating group) is 1. The van der Waals surface area contributed by atoms with Crippen molar-refractivity contribution in [1.29, 1.82) is 0 Å². The third kappa shape index (κ3) is 4.20. The van der Waals surface area contributed by atoms with Crippen LogP contribution in [-0.4, -0.2) is 55.2 Å². The summed E-state index contributed by atoms with van der Waals surface area (Å²) in [6, 6.07) is 8.02. The fourth-order valence-electron chi connectivity index (χ4n) is 2.88. The van der Waals surface area contributed by atoms with Crippen molar-refractivity contribution in [3.63, 3.8) is 0 Å². The molecule has 0 spiro atoms. The highest BCUT2D eigenvalue weighted by atomic mass is 32.1. The van der Waals surface area contributed by atoms with E-state index in [0.717, 1.165) is 29.3 Å². The van der Waals surface area contributed by atoms with Gasteiger partial charge in [-0.2, -0.15) is 0 Å². The minimum atomic E-state index is 0.0217.